The Morgan fingerprint density at radius 1 is 0.818 bits per heavy atom. The van der Waals surface area contributed by atoms with Crippen LogP contribution in [-0.4, -0.2) is 5.97 Å². The van der Waals surface area contributed by atoms with E-state index in [1.165, 1.54) is 0 Å². The van der Waals surface area contributed by atoms with Crippen LogP contribution in [0.1, 0.15) is 21.5 Å². The third-order valence-corrected chi connectivity index (χ3v) is 4.19. The Bertz CT molecular complexity index is 936. The van der Waals surface area contributed by atoms with E-state index in [-0.39, 0.29) is 5.97 Å². The lowest BCUT2D eigenvalue weighted by Gasteiger charge is -2.08. The van der Waals surface area contributed by atoms with Gasteiger partial charge in [0.05, 0.1) is 10.6 Å². The van der Waals surface area contributed by atoms with Gasteiger partial charge in [-0.25, -0.2) is 4.79 Å². The van der Waals surface area contributed by atoms with E-state index in [9.17, 15) is 4.79 Å². The lowest BCUT2D eigenvalue weighted by atomic mass is 10.0. The van der Waals surface area contributed by atoms with Crippen molar-refractivity contribution in [3.05, 3.63) is 83.4 Å². The molecule has 0 N–H and O–H groups in total. The zero-order chi connectivity index (χ0) is 15.1. The normalized spacial score (nSPS) is 15.6. The molecule has 0 atom stereocenters. The molecule has 3 aromatic carbocycles. The molecule has 2 nitrogen and oxygen atoms in total. The maximum Gasteiger partial charge on any atom is 0.344 e. The fraction of sp³-hybridized carbons (Fsp3) is 0. The van der Waals surface area contributed by atoms with Crippen molar-refractivity contribution in [2.24, 2.45) is 0 Å². The first-order valence-electron chi connectivity index (χ1n) is 6.95. The van der Waals surface area contributed by atoms with E-state index in [4.69, 9.17) is 16.3 Å². The minimum Gasteiger partial charge on any atom is -0.421 e. The van der Waals surface area contributed by atoms with E-state index in [1.807, 2.05) is 60.7 Å². The number of rotatable bonds is 1. The zero-order valence-electron chi connectivity index (χ0n) is 11.5. The number of cyclic esters (lactones) is 1. The molecule has 3 heteroatoms. The molecule has 0 unspecified atom stereocenters. The molecule has 106 valence electrons. The molecule has 0 aliphatic carbocycles. The first-order valence-corrected chi connectivity index (χ1v) is 7.33. The van der Waals surface area contributed by atoms with Gasteiger partial charge in [0.15, 0.2) is 5.76 Å². The number of ether oxygens (including phenoxy) is 1. The number of benzene rings is 3. The summed E-state index contributed by atoms with van der Waals surface area (Å²) < 4.78 is 5.41. The molecule has 3 aromatic rings. The van der Waals surface area contributed by atoms with Crippen LogP contribution in [0.2, 0.25) is 0 Å². The van der Waals surface area contributed by atoms with Crippen molar-refractivity contribution < 1.29 is 9.53 Å². The number of carbonyl (C=O) groups excluding carboxylic acids is 1. The highest BCUT2D eigenvalue weighted by atomic mass is 35.5. The standard InChI is InChI=1S/C19H11ClO2/c20-17(14-11-5-7-12-6-1-2-8-13(12)14)18-15-9-3-4-10-16(15)19(21)22-18/h1-11H/b18-17+. The Morgan fingerprint density at radius 3 is 2.36 bits per heavy atom. The summed E-state index contributed by atoms with van der Waals surface area (Å²) >= 11 is 6.59. The molecule has 1 heterocycles. The summed E-state index contributed by atoms with van der Waals surface area (Å²) in [4.78, 5) is 12.0. The summed E-state index contributed by atoms with van der Waals surface area (Å²) in [6, 6.07) is 21.2. The van der Waals surface area contributed by atoms with Gasteiger partial charge in [-0.1, -0.05) is 72.3 Å². The first-order chi connectivity index (χ1) is 10.8. The Balaban J connectivity index is 1.98. The first kappa shape index (κ1) is 13.1. The van der Waals surface area contributed by atoms with E-state index < -0.39 is 0 Å². The van der Waals surface area contributed by atoms with Crippen LogP contribution in [0.5, 0.6) is 0 Å². The Kier molecular flexibility index (Phi) is 2.98. The van der Waals surface area contributed by atoms with E-state index in [2.05, 4.69) is 0 Å². The number of carbonyl (C=O) groups is 1. The predicted molar refractivity (Wildman–Crippen MR) is 88.5 cm³/mol. The van der Waals surface area contributed by atoms with Crippen molar-refractivity contribution in [3.63, 3.8) is 0 Å². The van der Waals surface area contributed by atoms with Crippen LogP contribution in [0.15, 0.2) is 66.7 Å². The lowest BCUT2D eigenvalue weighted by Crippen LogP contribution is -1.92. The van der Waals surface area contributed by atoms with Gasteiger partial charge in [-0.05, 0) is 16.8 Å². The second-order valence-corrected chi connectivity index (χ2v) is 5.48. The van der Waals surface area contributed by atoms with Gasteiger partial charge in [0.25, 0.3) is 0 Å². The third-order valence-electron chi connectivity index (χ3n) is 3.81. The van der Waals surface area contributed by atoms with Crippen LogP contribution in [0.4, 0.5) is 0 Å². The molecule has 0 aromatic heterocycles. The second-order valence-electron chi connectivity index (χ2n) is 5.10. The van der Waals surface area contributed by atoms with Crippen LogP contribution < -0.4 is 0 Å². The maximum atomic E-state index is 12.0. The van der Waals surface area contributed by atoms with Crippen LogP contribution in [0.3, 0.4) is 0 Å². The van der Waals surface area contributed by atoms with Crippen LogP contribution in [0.25, 0.3) is 21.6 Å². The molecular weight excluding hydrogens is 296 g/mol. The van der Waals surface area contributed by atoms with E-state index >= 15 is 0 Å². The van der Waals surface area contributed by atoms with Crippen LogP contribution in [0, 0.1) is 0 Å². The molecule has 0 amide bonds. The topological polar surface area (TPSA) is 26.3 Å². The average Bonchev–Trinajstić information content (AvgIpc) is 2.91. The van der Waals surface area contributed by atoms with Gasteiger partial charge in [0, 0.05) is 11.1 Å². The van der Waals surface area contributed by atoms with E-state index in [1.54, 1.807) is 6.07 Å². The Labute approximate surface area is 132 Å². The van der Waals surface area contributed by atoms with Crippen LogP contribution >= 0.6 is 11.6 Å². The van der Waals surface area contributed by atoms with Gasteiger partial charge in [-0.3, -0.25) is 0 Å². The third kappa shape index (κ3) is 1.92. The summed E-state index contributed by atoms with van der Waals surface area (Å²) in [5.41, 5.74) is 2.15. The number of esters is 1. The summed E-state index contributed by atoms with van der Waals surface area (Å²) in [5.74, 6) is 0.0719. The molecule has 0 fully saturated rings. The van der Waals surface area contributed by atoms with Crippen molar-refractivity contribution in [2.75, 3.05) is 0 Å². The molecule has 0 spiro atoms. The highest BCUT2D eigenvalue weighted by Crippen LogP contribution is 2.39. The largest absolute Gasteiger partial charge is 0.421 e. The van der Waals surface area contributed by atoms with E-state index in [0.717, 1.165) is 21.9 Å². The molecule has 0 saturated carbocycles. The van der Waals surface area contributed by atoms with Crippen molar-refractivity contribution >= 4 is 39.1 Å². The Hall–Kier alpha value is -2.58. The molecule has 0 bridgehead atoms. The molecule has 1 aliphatic rings. The molecule has 22 heavy (non-hydrogen) atoms. The summed E-state index contributed by atoms with van der Waals surface area (Å²) in [6.45, 7) is 0. The summed E-state index contributed by atoms with van der Waals surface area (Å²) in [7, 11) is 0. The van der Waals surface area contributed by atoms with Crippen molar-refractivity contribution in [3.8, 4) is 0 Å². The van der Waals surface area contributed by atoms with Gasteiger partial charge in [-0.2, -0.15) is 0 Å². The highest BCUT2D eigenvalue weighted by Gasteiger charge is 2.28. The van der Waals surface area contributed by atoms with Gasteiger partial charge >= 0.3 is 5.97 Å². The quantitative estimate of drug-likeness (QED) is 0.586. The molecular formula is C19H11ClO2. The Morgan fingerprint density at radius 2 is 1.50 bits per heavy atom. The molecule has 0 radical (unpaired) electrons. The number of hydrogen-bond acceptors (Lipinski definition) is 2. The molecule has 1 aliphatic heterocycles. The van der Waals surface area contributed by atoms with Crippen molar-refractivity contribution in [2.45, 2.75) is 0 Å². The maximum absolute atomic E-state index is 12.0. The van der Waals surface area contributed by atoms with Crippen LogP contribution in [-0.2, 0) is 4.74 Å². The zero-order valence-corrected chi connectivity index (χ0v) is 12.3. The number of fused-ring (bicyclic) bond motifs is 2. The lowest BCUT2D eigenvalue weighted by molar-refractivity contribution is 0.0717. The number of hydrogen-bond donors (Lipinski definition) is 0. The van der Waals surface area contributed by atoms with Crippen molar-refractivity contribution in [1.29, 1.82) is 0 Å². The fourth-order valence-electron chi connectivity index (χ4n) is 2.76. The monoisotopic (exact) mass is 306 g/mol. The smallest absolute Gasteiger partial charge is 0.344 e. The SMILES string of the molecule is O=C1O/C(=C(/Cl)c2cccc3ccccc23)c2ccccc21. The average molecular weight is 307 g/mol. The minimum atomic E-state index is -0.357. The van der Waals surface area contributed by atoms with Gasteiger partial charge in [0.1, 0.15) is 0 Å². The molecule has 0 saturated heterocycles. The van der Waals surface area contributed by atoms with Gasteiger partial charge in [0.2, 0.25) is 0 Å². The van der Waals surface area contributed by atoms with E-state index in [0.29, 0.717) is 16.4 Å². The fourth-order valence-corrected chi connectivity index (χ4v) is 3.07. The van der Waals surface area contributed by atoms with Crippen molar-refractivity contribution in [1.82, 2.24) is 0 Å². The summed E-state index contributed by atoms with van der Waals surface area (Å²) in [6.07, 6.45) is 0. The predicted octanol–water partition coefficient (Wildman–Crippen LogP) is 5.07. The number of halogens is 1. The van der Waals surface area contributed by atoms with Gasteiger partial charge in [-0.15, -0.1) is 0 Å². The minimum absolute atomic E-state index is 0.357. The second kappa shape index (κ2) is 5.00. The summed E-state index contributed by atoms with van der Waals surface area (Å²) in [5, 5.41) is 2.58. The molecule has 4 rings (SSSR count). The highest BCUT2D eigenvalue weighted by molar-refractivity contribution is 6.53. The van der Waals surface area contributed by atoms with Gasteiger partial charge < -0.3 is 4.74 Å².